The van der Waals surface area contributed by atoms with Gasteiger partial charge >= 0.3 is 0 Å². The number of halogens is 1. The van der Waals surface area contributed by atoms with Gasteiger partial charge in [-0.3, -0.25) is 4.79 Å². The monoisotopic (exact) mass is 300 g/mol. The van der Waals surface area contributed by atoms with Crippen molar-refractivity contribution in [3.8, 4) is 5.69 Å². The molecular formula is C10H9ClN4O3S. The molecule has 100 valence electrons. The van der Waals surface area contributed by atoms with Gasteiger partial charge in [0.15, 0.2) is 5.69 Å². The van der Waals surface area contributed by atoms with E-state index in [1.54, 1.807) is 29.0 Å². The van der Waals surface area contributed by atoms with Crippen LogP contribution in [-0.4, -0.2) is 35.6 Å². The predicted octanol–water partition coefficient (Wildman–Crippen LogP) is 0.610. The van der Waals surface area contributed by atoms with Crippen LogP contribution in [0.3, 0.4) is 0 Å². The average molecular weight is 301 g/mol. The lowest BCUT2D eigenvalue weighted by Gasteiger charge is -1.99. The molecule has 0 saturated heterocycles. The standard InChI is InChI=1S/C10H9ClN4O3S/c1-19(17,18)13-10(16)9-6-15(14-12-9)8-4-2-7(11)3-5-8/h2-6H,1H3,(H,13,16). The summed E-state index contributed by atoms with van der Waals surface area (Å²) in [6.45, 7) is 0. The molecule has 0 aliphatic rings. The van der Waals surface area contributed by atoms with Gasteiger partial charge in [-0.15, -0.1) is 5.10 Å². The number of amides is 1. The predicted molar refractivity (Wildman–Crippen MR) is 68.7 cm³/mol. The number of sulfonamides is 1. The first-order valence-electron chi connectivity index (χ1n) is 5.05. The Morgan fingerprint density at radius 2 is 1.95 bits per heavy atom. The van der Waals surface area contributed by atoms with Crippen molar-refractivity contribution in [2.45, 2.75) is 0 Å². The maximum Gasteiger partial charge on any atom is 0.286 e. The van der Waals surface area contributed by atoms with Gasteiger partial charge in [0.05, 0.1) is 18.1 Å². The Morgan fingerprint density at radius 1 is 1.32 bits per heavy atom. The fourth-order valence-electron chi connectivity index (χ4n) is 1.31. The summed E-state index contributed by atoms with van der Waals surface area (Å²) in [5.74, 6) is -0.831. The molecule has 0 radical (unpaired) electrons. The molecule has 1 heterocycles. The van der Waals surface area contributed by atoms with E-state index in [-0.39, 0.29) is 5.69 Å². The molecule has 0 saturated carbocycles. The van der Waals surface area contributed by atoms with Gasteiger partial charge in [-0.1, -0.05) is 16.8 Å². The van der Waals surface area contributed by atoms with Crippen LogP contribution in [0.25, 0.3) is 5.69 Å². The summed E-state index contributed by atoms with van der Waals surface area (Å²) in [5, 5.41) is 7.91. The van der Waals surface area contributed by atoms with E-state index in [1.165, 1.54) is 10.9 Å². The van der Waals surface area contributed by atoms with E-state index in [4.69, 9.17) is 11.6 Å². The third-order valence-corrected chi connectivity index (χ3v) is 2.90. The third-order valence-electron chi connectivity index (χ3n) is 2.10. The summed E-state index contributed by atoms with van der Waals surface area (Å²) in [6.07, 6.45) is 2.21. The van der Waals surface area contributed by atoms with Crippen LogP contribution in [0, 0.1) is 0 Å². The maximum absolute atomic E-state index is 11.5. The Bertz CT molecular complexity index is 709. The highest BCUT2D eigenvalue weighted by atomic mass is 35.5. The van der Waals surface area contributed by atoms with Gasteiger partial charge < -0.3 is 0 Å². The Hall–Kier alpha value is -1.93. The average Bonchev–Trinajstić information content (AvgIpc) is 2.77. The van der Waals surface area contributed by atoms with Crippen LogP contribution in [0.4, 0.5) is 0 Å². The van der Waals surface area contributed by atoms with Crippen LogP contribution < -0.4 is 4.72 Å². The summed E-state index contributed by atoms with van der Waals surface area (Å²) < 4.78 is 25.0. The van der Waals surface area contributed by atoms with Gasteiger partial charge in [-0.25, -0.2) is 17.8 Å². The number of nitrogens with one attached hydrogen (secondary N) is 1. The number of carbonyl (C=O) groups is 1. The minimum Gasteiger partial charge on any atom is -0.266 e. The minimum absolute atomic E-state index is 0.0969. The second-order valence-corrected chi connectivity index (χ2v) is 5.91. The van der Waals surface area contributed by atoms with Crippen molar-refractivity contribution in [3.63, 3.8) is 0 Å². The highest BCUT2D eigenvalue weighted by molar-refractivity contribution is 7.89. The van der Waals surface area contributed by atoms with Crippen molar-refractivity contribution in [1.82, 2.24) is 19.7 Å². The first-order valence-corrected chi connectivity index (χ1v) is 7.32. The molecule has 1 N–H and O–H groups in total. The van der Waals surface area contributed by atoms with Crippen LogP contribution in [0.1, 0.15) is 10.5 Å². The Balaban J connectivity index is 2.24. The van der Waals surface area contributed by atoms with Crippen LogP contribution in [0.2, 0.25) is 5.02 Å². The van der Waals surface area contributed by atoms with Gasteiger partial charge in [0.25, 0.3) is 5.91 Å². The van der Waals surface area contributed by atoms with Crippen LogP contribution in [0.5, 0.6) is 0 Å². The maximum atomic E-state index is 11.5. The first-order chi connectivity index (χ1) is 8.85. The molecule has 19 heavy (non-hydrogen) atoms. The van der Waals surface area contributed by atoms with Gasteiger partial charge in [0.1, 0.15) is 0 Å². The normalized spacial score (nSPS) is 11.3. The highest BCUT2D eigenvalue weighted by Crippen LogP contribution is 2.12. The van der Waals surface area contributed by atoms with Gasteiger partial charge in [-0.05, 0) is 24.3 Å². The second kappa shape index (κ2) is 4.98. The number of carbonyl (C=O) groups excluding carboxylic acids is 1. The summed E-state index contributed by atoms with van der Waals surface area (Å²) in [7, 11) is -3.63. The van der Waals surface area contributed by atoms with Crippen LogP contribution in [-0.2, 0) is 10.0 Å². The zero-order valence-electron chi connectivity index (χ0n) is 9.74. The quantitative estimate of drug-likeness (QED) is 0.896. The molecule has 0 unspecified atom stereocenters. The molecule has 2 rings (SSSR count). The fourth-order valence-corrected chi connectivity index (χ4v) is 1.88. The molecule has 0 fully saturated rings. The molecule has 1 amide bonds. The fraction of sp³-hybridized carbons (Fsp3) is 0.100. The van der Waals surface area contributed by atoms with Gasteiger partial charge in [0, 0.05) is 5.02 Å². The lowest BCUT2D eigenvalue weighted by molar-refractivity contribution is 0.0977. The van der Waals surface area contributed by atoms with Gasteiger partial charge in [-0.2, -0.15) is 0 Å². The Morgan fingerprint density at radius 3 is 2.53 bits per heavy atom. The van der Waals surface area contributed by atoms with Crippen molar-refractivity contribution >= 4 is 27.5 Å². The summed E-state index contributed by atoms with van der Waals surface area (Å²) in [4.78, 5) is 11.5. The number of rotatable bonds is 3. The van der Waals surface area contributed by atoms with E-state index in [9.17, 15) is 13.2 Å². The third kappa shape index (κ3) is 3.52. The van der Waals surface area contributed by atoms with E-state index in [0.29, 0.717) is 10.7 Å². The molecule has 1 aromatic carbocycles. The number of hydrogen-bond donors (Lipinski definition) is 1. The van der Waals surface area contributed by atoms with Crippen molar-refractivity contribution in [2.75, 3.05) is 6.26 Å². The van der Waals surface area contributed by atoms with E-state index >= 15 is 0 Å². The van der Waals surface area contributed by atoms with E-state index < -0.39 is 15.9 Å². The highest BCUT2D eigenvalue weighted by Gasteiger charge is 2.15. The second-order valence-electron chi connectivity index (χ2n) is 3.73. The molecule has 2 aromatic rings. The molecule has 0 bridgehead atoms. The molecule has 0 aliphatic carbocycles. The molecule has 0 atom stereocenters. The number of aromatic nitrogens is 3. The Kier molecular flexibility index (Phi) is 3.54. The Labute approximate surface area is 114 Å². The molecule has 7 nitrogen and oxygen atoms in total. The topological polar surface area (TPSA) is 94.0 Å². The van der Waals surface area contributed by atoms with Crippen molar-refractivity contribution in [3.05, 3.63) is 41.2 Å². The van der Waals surface area contributed by atoms with E-state index in [2.05, 4.69) is 10.3 Å². The first kappa shape index (κ1) is 13.5. The molecule has 9 heteroatoms. The summed E-state index contributed by atoms with van der Waals surface area (Å²) >= 11 is 5.75. The molecule has 0 spiro atoms. The number of benzene rings is 1. The lowest BCUT2D eigenvalue weighted by atomic mass is 10.3. The van der Waals surface area contributed by atoms with Crippen molar-refractivity contribution in [2.24, 2.45) is 0 Å². The van der Waals surface area contributed by atoms with E-state index in [0.717, 1.165) is 6.26 Å². The van der Waals surface area contributed by atoms with Gasteiger partial charge in [0.2, 0.25) is 10.0 Å². The van der Waals surface area contributed by atoms with Crippen LogP contribution in [0.15, 0.2) is 30.5 Å². The summed E-state index contributed by atoms with van der Waals surface area (Å²) in [6, 6.07) is 6.70. The van der Waals surface area contributed by atoms with Crippen molar-refractivity contribution in [1.29, 1.82) is 0 Å². The lowest BCUT2D eigenvalue weighted by Crippen LogP contribution is -2.29. The number of hydrogen-bond acceptors (Lipinski definition) is 5. The zero-order valence-corrected chi connectivity index (χ0v) is 11.3. The van der Waals surface area contributed by atoms with Crippen molar-refractivity contribution < 1.29 is 13.2 Å². The molecular weight excluding hydrogens is 292 g/mol. The summed E-state index contributed by atoms with van der Waals surface area (Å²) in [5.41, 5.74) is 0.552. The smallest absolute Gasteiger partial charge is 0.266 e. The zero-order chi connectivity index (χ0) is 14.0. The number of nitrogens with zero attached hydrogens (tertiary/aromatic N) is 3. The molecule has 0 aliphatic heterocycles. The SMILES string of the molecule is CS(=O)(=O)NC(=O)c1cn(-c2ccc(Cl)cc2)nn1. The van der Waals surface area contributed by atoms with Crippen LogP contribution >= 0.6 is 11.6 Å². The molecule has 1 aromatic heterocycles. The van der Waals surface area contributed by atoms with E-state index in [1.807, 2.05) is 0 Å². The largest absolute Gasteiger partial charge is 0.286 e. The minimum atomic E-state index is -3.63.